The molecule has 0 aliphatic carbocycles. The van der Waals surface area contributed by atoms with Crippen molar-refractivity contribution in [3.8, 4) is 6.07 Å². The predicted molar refractivity (Wildman–Crippen MR) is 69.9 cm³/mol. The Hall–Kier alpha value is -1.60. The van der Waals surface area contributed by atoms with E-state index in [1.807, 2.05) is 6.07 Å². The van der Waals surface area contributed by atoms with Crippen molar-refractivity contribution in [3.63, 3.8) is 0 Å². The van der Waals surface area contributed by atoms with Crippen molar-refractivity contribution in [1.82, 2.24) is 4.90 Å². The Morgan fingerprint density at radius 1 is 1.39 bits per heavy atom. The second-order valence-electron chi connectivity index (χ2n) is 4.81. The maximum absolute atomic E-state index is 13.2. The van der Waals surface area contributed by atoms with E-state index in [1.165, 1.54) is 25.0 Å². The summed E-state index contributed by atoms with van der Waals surface area (Å²) in [6.45, 7) is 5.24. The van der Waals surface area contributed by atoms with Crippen molar-refractivity contribution < 1.29 is 4.39 Å². The van der Waals surface area contributed by atoms with Crippen molar-refractivity contribution in [2.45, 2.75) is 25.8 Å². The third kappa shape index (κ3) is 3.21. The lowest BCUT2D eigenvalue weighted by Gasteiger charge is -2.24. The smallest absolute Gasteiger partial charge is 0.126 e. The van der Waals surface area contributed by atoms with Gasteiger partial charge < -0.3 is 5.32 Å². The first-order valence-electron chi connectivity index (χ1n) is 6.37. The van der Waals surface area contributed by atoms with Gasteiger partial charge in [-0.1, -0.05) is 0 Å². The van der Waals surface area contributed by atoms with E-state index < -0.39 is 0 Å². The van der Waals surface area contributed by atoms with Crippen molar-refractivity contribution in [1.29, 1.82) is 5.26 Å². The van der Waals surface area contributed by atoms with Crippen LogP contribution in [0, 0.1) is 17.1 Å². The molecule has 1 N–H and O–H groups in total. The van der Waals surface area contributed by atoms with Gasteiger partial charge in [0.15, 0.2) is 0 Å². The molecule has 0 radical (unpaired) electrons. The Morgan fingerprint density at radius 2 is 2.11 bits per heavy atom. The fraction of sp³-hybridized carbons (Fsp3) is 0.500. The summed E-state index contributed by atoms with van der Waals surface area (Å²) in [7, 11) is 0. The van der Waals surface area contributed by atoms with E-state index in [-0.39, 0.29) is 5.82 Å². The number of hydrogen-bond acceptors (Lipinski definition) is 3. The fourth-order valence-electron chi connectivity index (χ4n) is 2.33. The average Bonchev–Trinajstić information content (AvgIpc) is 2.89. The number of nitrogens with zero attached hydrogens (tertiary/aromatic N) is 2. The van der Waals surface area contributed by atoms with E-state index >= 15 is 0 Å². The lowest BCUT2D eigenvalue weighted by molar-refractivity contribution is 0.269. The minimum absolute atomic E-state index is 0.353. The van der Waals surface area contributed by atoms with Crippen LogP contribution >= 0.6 is 0 Å². The van der Waals surface area contributed by atoms with Crippen LogP contribution in [0.25, 0.3) is 0 Å². The highest BCUT2D eigenvalue weighted by Crippen LogP contribution is 2.15. The van der Waals surface area contributed by atoms with Gasteiger partial charge >= 0.3 is 0 Å². The molecule has 0 saturated carbocycles. The topological polar surface area (TPSA) is 39.1 Å². The van der Waals surface area contributed by atoms with Gasteiger partial charge in [-0.25, -0.2) is 4.39 Å². The van der Waals surface area contributed by atoms with E-state index in [4.69, 9.17) is 5.26 Å². The van der Waals surface area contributed by atoms with Crippen molar-refractivity contribution in [3.05, 3.63) is 29.6 Å². The fourth-order valence-corrected chi connectivity index (χ4v) is 2.33. The number of hydrogen-bond donors (Lipinski definition) is 1. The summed E-state index contributed by atoms with van der Waals surface area (Å²) in [5.41, 5.74) is 1.03. The first kappa shape index (κ1) is 12.8. The minimum atomic E-state index is -0.370. The van der Waals surface area contributed by atoms with Crippen LogP contribution in [0.5, 0.6) is 0 Å². The molecule has 0 aromatic heterocycles. The lowest BCUT2D eigenvalue weighted by Crippen LogP contribution is -2.35. The summed E-state index contributed by atoms with van der Waals surface area (Å²) in [5.74, 6) is -0.370. The molecule has 0 bridgehead atoms. The molecule has 1 aliphatic heterocycles. The molecule has 96 valence electrons. The zero-order valence-electron chi connectivity index (χ0n) is 10.6. The SMILES string of the molecule is CC(CNc1cc(F)cc(C#N)c1)N1CCCC1. The summed E-state index contributed by atoms with van der Waals surface area (Å²) in [4.78, 5) is 2.43. The number of anilines is 1. The maximum atomic E-state index is 13.2. The highest BCUT2D eigenvalue weighted by molar-refractivity contribution is 5.49. The highest BCUT2D eigenvalue weighted by Gasteiger charge is 2.17. The molecular weight excluding hydrogens is 229 g/mol. The van der Waals surface area contributed by atoms with E-state index in [9.17, 15) is 4.39 Å². The van der Waals surface area contributed by atoms with Crippen molar-refractivity contribution >= 4 is 5.69 Å². The number of halogens is 1. The van der Waals surface area contributed by atoms with Crippen molar-refractivity contribution in [2.75, 3.05) is 25.0 Å². The molecule has 18 heavy (non-hydrogen) atoms. The molecule has 1 heterocycles. The second kappa shape index (κ2) is 5.83. The van der Waals surface area contributed by atoms with Gasteiger partial charge in [0.05, 0.1) is 11.6 Å². The first-order valence-corrected chi connectivity index (χ1v) is 6.37. The normalized spacial score (nSPS) is 17.4. The van der Waals surface area contributed by atoms with E-state index in [0.717, 1.165) is 19.6 Å². The van der Waals surface area contributed by atoms with Gasteiger partial charge in [0, 0.05) is 18.3 Å². The number of nitriles is 1. The summed E-state index contributed by atoms with van der Waals surface area (Å²) >= 11 is 0. The quantitative estimate of drug-likeness (QED) is 0.889. The number of likely N-dealkylation sites (tertiary alicyclic amines) is 1. The van der Waals surface area contributed by atoms with E-state index in [0.29, 0.717) is 17.3 Å². The number of rotatable bonds is 4. The van der Waals surface area contributed by atoms with Crippen LogP contribution in [-0.4, -0.2) is 30.6 Å². The van der Waals surface area contributed by atoms with Gasteiger partial charge in [-0.15, -0.1) is 0 Å². The third-order valence-corrected chi connectivity index (χ3v) is 3.39. The zero-order valence-corrected chi connectivity index (χ0v) is 10.6. The highest BCUT2D eigenvalue weighted by atomic mass is 19.1. The van der Waals surface area contributed by atoms with Gasteiger partial charge in [-0.2, -0.15) is 5.26 Å². The molecule has 1 unspecified atom stereocenters. The Balaban J connectivity index is 1.93. The zero-order chi connectivity index (χ0) is 13.0. The predicted octanol–water partition coefficient (Wildman–Crippen LogP) is 2.59. The van der Waals surface area contributed by atoms with E-state index in [1.54, 1.807) is 6.07 Å². The maximum Gasteiger partial charge on any atom is 0.126 e. The van der Waals surface area contributed by atoms with Crippen LogP contribution in [0.1, 0.15) is 25.3 Å². The molecular formula is C14H18FN3. The standard InChI is InChI=1S/C14H18FN3/c1-11(18-4-2-3-5-18)10-17-14-7-12(9-16)6-13(15)8-14/h6-8,11,17H,2-5,10H2,1H3. The molecule has 1 aromatic carbocycles. The van der Waals surface area contributed by atoms with Crippen molar-refractivity contribution in [2.24, 2.45) is 0 Å². The Bertz CT molecular complexity index is 447. The van der Waals surface area contributed by atoms with Crippen LogP contribution in [0.3, 0.4) is 0 Å². The van der Waals surface area contributed by atoms with Crippen LogP contribution in [0.2, 0.25) is 0 Å². The summed E-state index contributed by atoms with van der Waals surface area (Å²) in [6, 6.07) is 6.75. The Morgan fingerprint density at radius 3 is 2.78 bits per heavy atom. The van der Waals surface area contributed by atoms with Crippen LogP contribution < -0.4 is 5.32 Å². The van der Waals surface area contributed by atoms with Crippen LogP contribution in [-0.2, 0) is 0 Å². The lowest BCUT2D eigenvalue weighted by atomic mass is 10.2. The average molecular weight is 247 g/mol. The van der Waals surface area contributed by atoms with Gasteiger partial charge in [0.25, 0.3) is 0 Å². The second-order valence-corrected chi connectivity index (χ2v) is 4.81. The van der Waals surface area contributed by atoms with Gasteiger partial charge in [-0.3, -0.25) is 4.90 Å². The molecule has 2 rings (SSSR count). The molecule has 0 spiro atoms. The van der Waals surface area contributed by atoms with Crippen LogP contribution in [0.4, 0.5) is 10.1 Å². The summed E-state index contributed by atoms with van der Waals surface area (Å²) < 4.78 is 13.2. The Kier molecular flexibility index (Phi) is 4.16. The molecule has 1 aromatic rings. The van der Waals surface area contributed by atoms with Gasteiger partial charge in [0.2, 0.25) is 0 Å². The Labute approximate surface area is 107 Å². The molecule has 4 heteroatoms. The van der Waals surface area contributed by atoms with E-state index in [2.05, 4.69) is 17.1 Å². The number of nitrogens with one attached hydrogen (secondary N) is 1. The monoisotopic (exact) mass is 247 g/mol. The molecule has 3 nitrogen and oxygen atoms in total. The first-order chi connectivity index (χ1) is 8.69. The molecule has 1 fully saturated rings. The molecule has 1 saturated heterocycles. The van der Waals surface area contributed by atoms with Gasteiger partial charge in [0.1, 0.15) is 5.82 Å². The summed E-state index contributed by atoms with van der Waals surface area (Å²) in [6.07, 6.45) is 2.53. The minimum Gasteiger partial charge on any atom is -0.383 e. The largest absolute Gasteiger partial charge is 0.383 e. The summed E-state index contributed by atoms with van der Waals surface area (Å²) in [5, 5.41) is 12.0. The molecule has 1 atom stereocenters. The molecule has 0 amide bonds. The molecule has 1 aliphatic rings. The number of benzene rings is 1. The van der Waals surface area contributed by atoms with Crippen LogP contribution in [0.15, 0.2) is 18.2 Å². The van der Waals surface area contributed by atoms with Gasteiger partial charge in [-0.05, 0) is 51.1 Å². The third-order valence-electron chi connectivity index (χ3n) is 3.39.